The lowest BCUT2D eigenvalue weighted by atomic mass is 10.1. The van der Waals surface area contributed by atoms with Crippen LogP contribution in [0.15, 0.2) is 42.5 Å². The minimum absolute atomic E-state index is 0.397. The van der Waals surface area contributed by atoms with Gasteiger partial charge in [-0.25, -0.2) is 0 Å². The van der Waals surface area contributed by atoms with Crippen molar-refractivity contribution < 1.29 is 0 Å². The van der Waals surface area contributed by atoms with Crippen LogP contribution in [0.1, 0.15) is 23.6 Å². The number of hydrogen-bond donors (Lipinski definition) is 1. The summed E-state index contributed by atoms with van der Waals surface area (Å²) in [5.74, 6) is 0. The van der Waals surface area contributed by atoms with Gasteiger partial charge in [0.05, 0.1) is 0 Å². The number of nitrogens with one attached hydrogen (secondary N) is 1. The van der Waals surface area contributed by atoms with E-state index in [0.29, 0.717) is 6.04 Å². The predicted octanol–water partition coefficient (Wildman–Crippen LogP) is 4.45. The van der Waals surface area contributed by atoms with Gasteiger partial charge in [-0.1, -0.05) is 24.3 Å². The van der Waals surface area contributed by atoms with E-state index in [-0.39, 0.29) is 0 Å². The second kappa shape index (κ2) is 5.49. The van der Waals surface area contributed by atoms with Crippen LogP contribution in [0.5, 0.6) is 0 Å². The number of nitrogens with zero attached hydrogens (tertiary/aromatic N) is 1. The zero-order chi connectivity index (χ0) is 15.0. The number of rotatable bonds is 1. The van der Waals surface area contributed by atoms with Crippen molar-refractivity contribution in [3.05, 3.63) is 59.2 Å². The molecule has 0 fully saturated rings. The lowest BCUT2D eigenvalue weighted by molar-refractivity contribution is 0.776. The molecule has 1 aliphatic rings. The van der Waals surface area contributed by atoms with E-state index in [2.05, 4.69) is 73.5 Å². The molecule has 0 saturated heterocycles. The monoisotopic (exact) mass is 296 g/mol. The van der Waals surface area contributed by atoms with Crippen molar-refractivity contribution in [1.82, 2.24) is 0 Å². The molecular weight excluding hydrogens is 276 g/mol. The molecule has 1 N–H and O–H groups in total. The minimum atomic E-state index is 0.397. The minimum Gasteiger partial charge on any atom is -0.332 e. The third-order valence-electron chi connectivity index (χ3n) is 3.90. The molecule has 21 heavy (non-hydrogen) atoms. The van der Waals surface area contributed by atoms with Crippen LogP contribution < -0.4 is 10.2 Å². The Kier molecular flexibility index (Phi) is 3.68. The fourth-order valence-electron chi connectivity index (χ4n) is 3.11. The standard InChI is InChI=1S/C18H20N2S/c1-12-8-13(2)10-16(9-12)19-18(21)20-14(3)11-15-6-4-5-7-17(15)20/h4-10,14H,11H2,1-3H3,(H,19,21)/t14-/m1/s1. The van der Waals surface area contributed by atoms with Gasteiger partial charge in [0.2, 0.25) is 0 Å². The van der Waals surface area contributed by atoms with Crippen LogP contribution >= 0.6 is 12.2 Å². The summed E-state index contributed by atoms with van der Waals surface area (Å²) in [5, 5.41) is 4.17. The number of aryl methyl sites for hydroxylation is 2. The van der Waals surface area contributed by atoms with Gasteiger partial charge in [-0.05, 0) is 74.3 Å². The second-order valence-corrected chi connectivity index (χ2v) is 6.25. The van der Waals surface area contributed by atoms with Crippen LogP contribution in [0.4, 0.5) is 11.4 Å². The molecule has 1 aliphatic heterocycles. The molecule has 108 valence electrons. The molecule has 0 saturated carbocycles. The molecule has 0 unspecified atom stereocenters. The number of thiocarbonyl (C=S) groups is 1. The van der Waals surface area contributed by atoms with Gasteiger partial charge in [-0.2, -0.15) is 0 Å². The summed E-state index contributed by atoms with van der Waals surface area (Å²) in [7, 11) is 0. The van der Waals surface area contributed by atoms with Crippen molar-refractivity contribution >= 4 is 28.7 Å². The predicted molar refractivity (Wildman–Crippen MR) is 94.2 cm³/mol. The molecule has 1 atom stereocenters. The first-order valence-electron chi connectivity index (χ1n) is 7.31. The van der Waals surface area contributed by atoms with Crippen molar-refractivity contribution in [3.63, 3.8) is 0 Å². The highest BCUT2D eigenvalue weighted by Gasteiger charge is 2.28. The summed E-state index contributed by atoms with van der Waals surface area (Å²) in [5.41, 5.74) is 6.15. The van der Waals surface area contributed by atoms with Gasteiger partial charge in [0, 0.05) is 17.4 Å². The van der Waals surface area contributed by atoms with E-state index in [1.807, 2.05) is 0 Å². The molecule has 0 spiro atoms. The summed E-state index contributed by atoms with van der Waals surface area (Å²) in [6, 6.07) is 15.3. The van der Waals surface area contributed by atoms with E-state index in [4.69, 9.17) is 12.2 Å². The molecule has 0 radical (unpaired) electrons. The van der Waals surface area contributed by atoms with Gasteiger partial charge in [-0.15, -0.1) is 0 Å². The van der Waals surface area contributed by atoms with E-state index in [1.54, 1.807) is 0 Å². The first-order valence-corrected chi connectivity index (χ1v) is 7.72. The maximum atomic E-state index is 5.65. The molecule has 0 bridgehead atoms. The molecule has 0 aromatic heterocycles. The Labute approximate surface area is 131 Å². The highest BCUT2D eigenvalue weighted by molar-refractivity contribution is 7.80. The number of fused-ring (bicyclic) bond motifs is 1. The molecule has 1 heterocycles. The molecule has 0 aliphatic carbocycles. The van der Waals surface area contributed by atoms with Gasteiger partial charge in [0.15, 0.2) is 5.11 Å². The van der Waals surface area contributed by atoms with Crippen LogP contribution in [0, 0.1) is 13.8 Å². The number of hydrogen-bond acceptors (Lipinski definition) is 1. The molecule has 0 amide bonds. The Balaban J connectivity index is 1.86. The maximum Gasteiger partial charge on any atom is 0.178 e. The molecular formula is C18H20N2S. The summed E-state index contributed by atoms with van der Waals surface area (Å²) >= 11 is 5.65. The van der Waals surface area contributed by atoms with E-state index in [0.717, 1.165) is 17.2 Å². The maximum absolute atomic E-state index is 5.65. The van der Waals surface area contributed by atoms with Crippen LogP contribution in [-0.4, -0.2) is 11.2 Å². The number of benzene rings is 2. The third kappa shape index (κ3) is 2.79. The molecule has 2 aromatic rings. The zero-order valence-electron chi connectivity index (χ0n) is 12.7. The van der Waals surface area contributed by atoms with Crippen LogP contribution in [0.3, 0.4) is 0 Å². The Hall–Kier alpha value is -1.87. The van der Waals surface area contributed by atoms with Gasteiger partial charge < -0.3 is 10.2 Å². The van der Waals surface area contributed by atoms with Crippen LogP contribution in [0.2, 0.25) is 0 Å². The van der Waals surface area contributed by atoms with Crippen molar-refractivity contribution in [2.45, 2.75) is 33.2 Å². The molecule has 2 nitrogen and oxygen atoms in total. The summed E-state index contributed by atoms with van der Waals surface area (Å²) < 4.78 is 0. The number of para-hydroxylation sites is 1. The van der Waals surface area contributed by atoms with Gasteiger partial charge in [0.1, 0.15) is 0 Å². The van der Waals surface area contributed by atoms with Gasteiger partial charge in [-0.3, -0.25) is 0 Å². The van der Waals surface area contributed by atoms with Crippen LogP contribution in [-0.2, 0) is 6.42 Å². The van der Waals surface area contributed by atoms with E-state index < -0.39 is 0 Å². The van der Waals surface area contributed by atoms with Gasteiger partial charge in [0.25, 0.3) is 0 Å². The van der Waals surface area contributed by atoms with Crippen molar-refractivity contribution in [2.75, 3.05) is 10.2 Å². The van der Waals surface area contributed by atoms with Crippen LogP contribution in [0.25, 0.3) is 0 Å². The first kappa shape index (κ1) is 14.1. The Morgan fingerprint density at radius 1 is 1.14 bits per heavy atom. The van der Waals surface area contributed by atoms with Crippen molar-refractivity contribution in [3.8, 4) is 0 Å². The molecule has 3 heteroatoms. The fourth-order valence-corrected chi connectivity index (χ4v) is 3.50. The average Bonchev–Trinajstić information content (AvgIpc) is 2.73. The van der Waals surface area contributed by atoms with Crippen molar-refractivity contribution in [2.24, 2.45) is 0 Å². The summed E-state index contributed by atoms with van der Waals surface area (Å²) in [6.45, 7) is 6.43. The van der Waals surface area contributed by atoms with Gasteiger partial charge >= 0.3 is 0 Å². The molecule has 2 aromatic carbocycles. The second-order valence-electron chi connectivity index (χ2n) is 5.86. The summed E-state index contributed by atoms with van der Waals surface area (Å²) in [6.07, 6.45) is 1.05. The Morgan fingerprint density at radius 3 is 2.52 bits per heavy atom. The van der Waals surface area contributed by atoms with E-state index in [9.17, 15) is 0 Å². The topological polar surface area (TPSA) is 15.3 Å². The third-order valence-corrected chi connectivity index (χ3v) is 4.20. The highest BCUT2D eigenvalue weighted by Crippen LogP contribution is 2.32. The zero-order valence-corrected chi connectivity index (χ0v) is 13.5. The first-order chi connectivity index (χ1) is 10.0. The fraction of sp³-hybridized carbons (Fsp3) is 0.278. The molecule has 3 rings (SSSR count). The summed E-state index contributed by atoms with van der Waals surface area (Å²) in [4.78, 5) is 2.22. The smallest absolute Gasteiger partial charge is 0.178 e. The largest absolute Gasteiger partial charge is 0.332 e. The highest BCUT2D eigenvalue weighted by atomic mass is 32.1. The lowest BCUT2D eigenvalue weighted by Crippen LogP contribution is -2.38. The Bertz CT molecular complexity index is 673. The average molecular weight is 296 g/mol. The lowest BCUT2D eigenvalue weighted by Gasteiger charge is -2.26. The normalized spacial score (nSPS) is 16.7. The van der Waals surface area contributed by atoms with E-state index >= 15 is 0 Å². The quantitative estimate of drug-likeness (QED) is 0.783. The number of anilines is 2. The van der Waals surface area contributed by atoms with E-state index in [1.165, 1.54) is 22.4 Å². The Morgan fingerprint density at radius 2 is 1.81 bits per heavy atom. The van der Waals surface area contributed by atoms with Crippen molar-refractivity contribution in [1.29, 1.82) is 0 Å². The SMILES string of the molecule is Cc1cc(C)cc(NC(=S)N2c3ccccc3C[C@H]2C)c1.